The first-order chi connectivity index (χ1) is 12.9. The lowest BCUT2D eigenvalue weighted by Crippen LogP contribution is -2.21. The highest BCUT2D eigenvalue weighted by Gasteiger charge is 2.35. The van der Waals surface area contributed by atoms with Crippen molar-refractivity contribution in [2.75, 3.05) is 0 Å². The normalized spacial score (nSPS) is 15.9. The molecule has 2 heterocycles. The van der Waals surface area contributed by atoms with Crippen molar-refractivity contribution in [3.8, 4) is 23.3 Å². The number of nitrogens with zero attached hydrogens (tertiary/aromatic N) is 1. The van der Waals surface area contributed by atoms with Crippen LogP contribution in [-0.2, 0) is 0 Å². The molecule has 1 aromatic heterocycles. The van der Waals surface area contributed by atoms with Crippen molar-refractivity contribution < 1.29 is 19.4 Å². The molecule has 1 unspecified atom stereocenters. The van der Waals surface area contributed by atoms with Gasteiger partial charge in [-0.3, -0.25) is 0 Å². The number of ether oxygens (including phenoxy) is 1. The maximum Gasteiger partial charge on any atom is 0.336 e. The van der Waals surface area contributed by atoms with E-state index in [0.29, 0.717) is 22.1 Å². The van der Waals surface area contributed by atoms with Crippen LogP contribution in [0.4, 0.5) is 0 Å². The van der Waals surface area contributed by atoms with Gasteiger partial charge in [-0.05, 0) is 30.2 Å². The second-order valence-electron chi connectivity index (χ2n) is 6.28. The summed E-state index contributed by atoms with van der Waals surface area (Å²) in [5.41, 5.74) is 7.15. The third kappa shape index (κ3) is 2.47. The summed E-state index contributed by atoms with van der Waals surface area (Å²) in [4.78, 5) is 11.7. The summed E-state index contributed by atoms with van der Waals surface area (Å²) in [6.45, 7) is 1.71. The molecule has 0 aliphatic carbocycles. The number of aryl methyl sites for hydroxylation is 1. The van der Waals surface area contributed by atoms with Gasteiger partial charge in [-0.15, -0.1) is 0 Å². The summed E-state index contributed by atoms with van der Waals surface area (Å²) in [6.07, 6.45) is 0. The van der Waals surface area contributed by atoms with Crippen LogP contribution in [-0.4, -0.2) is 10.2 Å². The van der Waals surface area contributed by atoms with E-state index in [4.69, 9.17) is 14.9 Å². The van der Waals surface area contributed by atoms with E-state index in [1.165, 1.54) is 24.3 Å². The van der Waals surface area contributed by atoms with Crippen LogP contribution in [0.2, 0.25) is 0 Å². The van der Waals surface area contributed by atoms with Gasteiger partial charge in [-0.2, -0.15) is 5.26 Å². The Balaban J connectivity index is 2.12. The van der Waals surface area contributed by atoms with Crippen molar-refractivity contribution in [1.29, 1.82) is 5.26 Å². The molecule has 3 aromatic rings. The first-order valence-corrected chi connectivity index (χ1v) is 8.07. The van der Waals surface area contributed by atoms with Gasteiger partial charge in [0.25, 0.3) is 0 Å². The highest BCUT2D eigenvalue weighted by Crippen LogP contribution is 2.50. The lowest BCUT2D eigenvalue weighted by molar-refractivity contribution is 0.385. The Bertz CT molecular complexity index is 1230. The molecule has 0 bridgehead atoms. The Kier molecular flexibility index (Phi) is 3.56. The summed E-state index contributed by atoms with van der Waals surface area (Å²) >= 11 is 0. The number of nitriles is 1. The fraction of sp³-hybridized carbons (Fsp3) is 0.100. The van der Waals surface area contributed by atoms with Crippen LogP contribution < -0.4 is 16.1 Å². The van der Waals surface area contributed by atoms with Gasteiger partial charge in [0, 0.05) is 12.1 Å². The van der Waals surface area contributed by atoms with E-state index in [1.54, 1.807) is 19.1 Å². The third-order valence-corrected chi connectivity index (χ3v) is 4.58. The minimum atomic E-state index is -0.749. The summed E-state index contributed by atoms with van der Waals surface area (Å²) in [5.74, 6) is -0.841. The molecule has 1 aliphatic heterocycles. The monoisotopic (exact) mass is 362 g/mol. The van der Waals surface area contributed by atoms with Crippen LogP contribution in [0.25, 0.3) is 11.0 Å². The summed E-state index contributed by atoms with van der Waals surface area (Å²) in [6, 6.07) is 11.0. The number of rotatable bonds is 1. The van der Waals surface area contributed by atoms with Crippen LogP contribution >= 0.6 is 0 Å². The zero-order chi connectivity index (χ0) is 19.3. The number of phenolic OH excluding ortho intramolecular Hbond substituents is 2. The largest absolute Gasteiger partial charge is 0.508 e. The van der Waals surface area contributed by atoms with E-state index in [2.05, 4.69) is 0 Å². The van der Waals surface area contributed by atoms with Crippen molar-refractivity contribution in [3.05, 3.63) is 75.0 Å². The molecule has 7 heteroatoms. The van der Waals surface area contributed by atoms with Crippen molar-refractivity contribution >= 4 is 11.0 Å². The van der Waals surface area contributed by atoms with Crippen molar-refractivity contribution in [2.24, 2.45) is 5.73 Å². The first kappa shape index (κ1) is 16.5. The molecule has 2 aromatic carbocycles. The Morgan fingerprint density at radius 2 is 2.00 bits per heavy atom. The van der Waals surface area contributed by atoms with Gasteiger partial charge < -0.3 is 25.1 Å². The topological polar surface area (TPSA) is 130 Å². The molecule has 27 heavy (non-hydrogen) atoms. The van der Waals surface area contributed by atoms with Crippen molar-refractivity contribution in [3.63, 3.8) is 0 Å². The number of allylic oxidation sites excluding steroid dienone is 1. The molecule has 1 atom stereocenters. The molecule has 0 radical (unpaired) electrons. The standard InChI is InChI=1S/C20H14N2O5/c1-9-5-15(25)26-14-7-13(24)18-17(10-3-2-4-11(23)6-10)12(8-21)20(22)27-19(18)16(9)14/h2-7,17,23-24H,22H2,1H3. The van der Waals surface area contributed by atoms with Gasteiger partial charge in [-0.25, -0.2) is 4.79 Å². The molecular weight excluding hydrogens is 348 g/mol. The second kappa shape index (κ2) is 5.81. The maximum absolute atomic E-state index is 11.7. The minimum Gasteiger partial charge on any atom is -0.508 e. The zero-order valence-corrected chi connectivity index (χ0v) is 14.2. The van der Waals surface area contributed by atoms with Crippen LogP contribution in [0.15, 0.2) is 57.1 Å². The molecule has 0 fully saturated rings. The summed E-state index contributed by atoms with van der Waals surface area (Å²) < 4.78 is 10.9. The SMILES string of the molecule is Cc1cc(=O)oc2cc(O)c3c(c12)OC(N)=C(C#N)C3c1cccc(O)c1. The van der Waals surface area contributed by atoms with Crippen LogP contribution in [0.3, 0.4) is 0 Å². The minimum absolute atomic E-state index is 0.0128. The molecule has 0 saturated carbocycles. The Hall–Kier alpha value is -3.92. The lowest BCUT2D eigenvalue weighted by atomic mass is 9.82. The molecule has 7 nitrogen and oxygen atoms in total. The molecule has 0 saturated heterocycles. The highest BCUT2D eigenvalue weighted by atomic mass is 16.5. The molecule has 134 valence electrons. The van der Waals surface area contributed by atoms with Crippen molar-refractivity contribution in [1.82, 2.24) is 0 Å². The third-order valence-electron chi connectivity index (χ3n) is 4.58. The quantitative estimate of drug-likeness (QED) is 0.567. The number of hydrogen-bond donors (Lipinski definition) is 3. The summed E-state index contributed by atoms with van der Waals surface area (Å²) in [7, 11) is 0. The van der Waals surface area contributed by atoms with Crippen LogP contribution in [0, 0.1) is 18.3 Å². The lowest BCUT2D eigenvalue weighted by Gasteiger charge is -2.28. The number of benzene rings is 2. The Labute approximate surface area is 153 Å². The van der Waals surface area contributed by atoms with Gasteiger partial charge in [0.1, 0.15) is 34.5 Å². The second-order valence-corrected chi connectivity index (χ2v) is 6.28. The number of hydrogen-bond acceptors (Lipinski definition) is 7. The number of phenols is 2. The van der Waals surface area contributed by atoms with Gasteiger partial charge in [0.15, 0.2) is 0 Å². The molecule has 4 N–H and O–H groups in total. The Morgan fingerprint density at radius 1 is 1.22 bits per heavy atom. The van der Waals surface area contributed by atoms with E-state index >= 15 is 0 Å². The Morgan fingerprint density at radius 3 is 2.70 bits per heavy atom. The zero-order valence-electron chi connectivity index (χ0n) is 14.2. The summed E-state index contributed by atoms with van der Waals surface area (Å²) in [5, 5.41) is 30.6. The van der Waals surface area contributed by atoms with Gasteiger partial charge >= 0.3 is 5.63 Å². The first-order valence-electron chi connectivity index (χ1n) is 8.07. The van der Waals surface area contributed by atoms with E-state index in [-0.39, 0.29) is 34.3 Å². The van der Waals surface area contributed by atoms with Crippen LogP contribution in [0.1, 0.15) is 22.6 Å². The molecule has 4 rings (SSSR count). The van der Waals surface area contributed by atoms with Crippen molar-refractivity contribution in [2.45, 2.75) is 12.8 Å². The highest BCUT2D eigenvalue weighted by molar-refractivity contribution is 5.91. The molecular formula is C20H14N2O5. The molecule has 1 aliphatic rings. The van der Waals surface area contributed by atoms with E-state index in [0.717, 1.165) is 0 Å². The molecule has 0 amide bonds. The fourth-order valence-electron chi connectivity index (χ4n) is 3.47. The van der Waals surface area contributed by atoms with E-state index in [9.17, 15) is 20.3 Å². The smallest absolute Gasteiger partial charge is 0.336 e. The maximum atomic E-state index is 11.7. The van der Waals surface area contributed by atoms with Gasteiger partial charge in [0.2, 0.25) is 5.88 Å². The average Bonchev–Trinajstić information content (AvgIpc) is 2.59. The van der Waals surface area contributed by atoms with Gasteiger partial charge in [0.05, 0.1) is 16.9 Å². The average molecular weight is 362 g/mol. The number of fused-ring (bicyclic) bond motifs is 3. The number of aromatic hydroxyl groups is 2. The van der Waals surface area contributed by atoms with Gasteiger partial charge in [-0.1, -0.05) is 12.1 Å². The fourth-order valence-corrected chi connectivity index (χ4v) is 3.47. The van der Waals surface area contributed by atoms with Crippen LogP contribution in [0.5, 0.6) is 17.2 Å². The molecule has 0 spiro atoms. The number of nitrogens with two attached hydrogens (primary N) is 1. The predicted molar refractivity (Wildman–Crippen MR) is 96.3 cm³/mol. The predicted octanol–water partition coefficient (Wildman–Crippen LogP) is 2.73. The van der Waals surface area contributed by atoms with E-state index < -0.39 is 11.5 Å². The van der Waals surface area contributed by atoms with E-state index in [1.807, 2.05) is 6.07 Å².